The first kappa shape index (κ1) is 21.8. The van der Waals surface area contributed by atoms with Gasteiger partial charge in [0.25, 0.3) is 0 Å². The Morgan fingerprint density at radius 3 is 2.57 bits per heavy atom. The largest absolute Gasteiger partial charge is 0.416 e. The first-order valence-corrected chi connectivity index (χ1v) is 9.74. The summed E-state index contributed by atoms with van der Waals surface area (Å²) >= 11 is 1.08. The van der Waals surface area contributed by atoms with Crippen LogP contribution in [0.1, 0.15) is 16.8 Å². The number of nitrogens with one attached hydrogen (secondary N) is 1. The number of alkyl halides is 3. The van der Waals surface area contributed by atoms with Crippen molar-refractivity contribution in [3.05, 3.63) is 77.4 Å². The van der Waals surface area contributed by atoms with Crippen LogP contribution in [0.15, 0.2) is 59.9 Å². The summed E-state index contributed by atoms with van der Waals surface area (Å²) in [4.78, 5) is 16.4. The lowest BCUT2D eigenvalue weighted by molar-refractivity contribution is -0.137. The number of thioether (sulfide) groups is 1. The van der Waals surface area contributed by atoms with Gasteiger partial charge in [0.15, 0.2) is 5.16 Å². The predicted octanol–water partition coefficient (Wildman–Crippen LogP) is 4.31. The highest BCUT2D eigenvalue weighted by Gasteiger charge is 2.30. The molecule has 1 amide bonds. The zero-order chi connectivity index (χ0) is 21.7. The van der Waals surface area contributed by atoms with Crippen molar-refractivity contribution in [1.82, 2.24) is 9.55 Å². The lowest BCUT2D eigenvalue weighted by atomic mass is 10.2. The average molecular weight is 439 g/mol. The molecule has 0 aliphatic rings. The van der Waals surface area contributed by atoms with E-state index in [-0.39, 0.29) is 23.9 Å². The number of anilines is 1. The number of halogens is 4. The minimum Gasteiger partial charge on any atom is -0.390 e. The van der Waals surface area contributed by atoms with Gasteiger partial charge in [0.2, 0.25) is 5.91 Å². The third kappa shape index (κ3) is 5.61. The summed E-state index contributed by atoms with van der Waals surface area (Å²) in [6.07, 6.45) is -3.03. The maximum Gasteiger partial charge on any atom is 0.416 e. The van der Waals surface area contributed by atoms with E-state index < -0.39 is 17.6 Å². The van der Waals surface area contributed by atoms with Gasteiger partial charge in [-0.2, -0.15) is 13.2 Å². The molecular weight excluding hydrogens is 422 g/mol. The molecule has 0 unspecified atom stereocenters. The van der Waals surface area contributed by atoms with Crippen LogP contribution >= 0.6 is 11.8 Å². The Balaban J connectivity index is 1.66. The second kappa shape index (κ2) is 9.31. The smallest absolute Gasteiger partial charge is 0.390 e. The quantitative estimate of drug-likeness (QED) is 0.425. The number of aliphatic hydroxyl groups excluding tert-OH is 1. The highest BCUT2D eigenvalue weighted by molar-refractivity contribution is 7.99. The summed E-state index contributed by atoms with van der Waals surface area (Å²) in [5, 5.41) is 12.4. The highest BCUT2D eigenvalue weighted by atomic mass is 32.2. The summed E-state index contributed by atoms with van der Waals surface area (Å²) in [6.45, 7) is 0.0406. The van der Waals surface area contributed by atoms with Gasteiger partial charge in [-0.25, -0.2) is 9.37 Å². The molecule has 0 aliphatic heterocycles. The fourth-order valence-electron chi connectivity index (χ4n) is 2.68. The van der Waals surface area contributed by atoms with Crippen LogP contribution in [0.2, 0.25) is 0 Å². The molecule has 0 radical (unpaired) electrons. The first-order valence-electron chi connectivity index (χ1n) is 8.76. The fourth-order valence-corrected chi connectivity index (χ4v) is 3.47. The van der Waals surface area contributed by atoms with E-state index in [9.17, 15) is 27.5 Å². The molecule has 0 aliphatic carbocycles. The minimum absolute atomic E-state index is 0.0427. The number of rotatable bonds is 7. The molecule has 1 heterocycles. The van der Waals surface area contributed by atoms with E-state index >= 15 is 0 Å². The Morgan fingerprint density at radius 2 is 1.90 bits per heavy atom. The second-order valence-corrected chi connectivity index (χ2v) is 7.26. The van der Waals surface area contributed by atoms with Crippen LogP contribution < -0.4 is 5.32 Å². The van der Waals surface area contributed by atoms with Gasteiger partial charge in [0.05, 0.1) is 29.8 Å². The van der Waals surface area contributed by atoms with Crippen LogP contribution in [0.4, 0.5) is 23.2 Å². The van der Waals surface area contributed by atoms with Crippen molar-refractivity contribution in [3.63, 3.8) is 0 Å². The SMILES string of the molecule is O=C(CSc1ncc(CO)n1Cc1ccc(F)cc1)Nc1cccc(C(F)(F)F)c1. The summed E-state index contributed by atoms with van der Waals surface area (Å²) in [5.74, 6) is -0.963. The van der Waals surface area contributed by atoms with Gasteiger partial charge >= 0.3 is 6.18 Å². The molecule has 158 valence electrons. The van der Waals surface area contributed by atoms with E-state index in [4.69, 9.17) is 0 Å². The topological polar surface area (TPSA) is 67.1 Å². The van der Waals surface area contributed by atoms with E-state index in [0.29, 0.717) is 17.4 Å². The Labute approximate surface area is 173 Å². The van der Waals surface area contributed by atoms with Crippen LogP contribution in [-0.4, -0.2) is 26.3 Å². The number of benzene rings is 2. The lowest BCUT2D eigenvalue weighted by Crippen LogP contribution is -2.16. The number of carbonyl (C=O) groups is 1. The van der Waals surface area contributed by atoms with Gasteiger partial charge in [0, 0.05) is 12.2 Å². The standard InChI is InChI=1S/C20H17F4N3O2S/c21-15-6-4-13(5-7-15)10-27-17(11-28)9-25-19(27)30-12-18(29)26-16-3-1-2-14(8-16)20(22,23)24/h1-9,28H,10-12H2,(H,26,29). The Hall–Kier alpha value is -2.85. The number of hydrogen-bond acceptors (Lipinski definition) is 4. The number of hydrogen-bond donors (Lipinski definition) is 2. The average Bonchev–Trinajstić information content (AvgIpc) is 3.09. The Morgan fingerprint density at radius 1 is 1.17 bits per heavy atom. The number of aromatic nitrogens is 2. The molecule has 3 rings (SSSR count). The summed E-state index contributed by atoms with van der Waals surface area (Å²) in [5.41, 5.74) is 0.482. The molecule has 0 fully saturated rings. The van der Waals surface area contributed by atoms with Gasteiger partial charge in [-0.15, -0.1) is 0 Å². The maximum atomic E-state index is 13.1. The van der Waals surface area contributed by atoms with Gasteiger partial charge in [-0.1, -0.05) is 30.0 Å². The van der Waals surface area contributed by atoms with Crippen molar-refractivity contribution in [2.75, 3.05) is 11.1 Å². The van der Waals surface area contributed by atoms with E-state index in [1.807, 2.05) is 0 Å². The molecule has 0 saturated heterocycles. The van der Waals surface area contributed by atoms with Crippen molar-refractivity contribution in [2.45, 2.75) is 24.5 Å². The van der Waals surface area contributed by atoms with E-state index in [0.717, 1.165) is 29.5 Å². The van der Waals surface area contributed by atoms with Crippen molar-refractivity contribution < 1.29 is 27.5 Å². The van der Waals surface area contributed by atoms with Gasteiger partial charge in [0.1, 0.15) is 5.82 Å². The Kier molecular flexibility index (Phi) is 6.78. The maximum absolute atomic E-state index is 13.1. The van der Waals surface area contributed by atoms with Crippen molar-refractivity contribution in [3.8, 4) is 0 Å². The van der Waals surface area contributed by atoms with Gasteiger partial charge in [-0.05, 0) is 35.9 Å². The molecule has 1 aromatic heterocycles. The normalized spacial score (nSPS) is 11.5. The van der Waals surface area contributed by atoms with Gasteiger partial charge in [-0.3, -0.25) is 4.79 Å². The number of aliphatic hydroxyl groups is 1. The summed E-state index contributed by atoms with van der Waals surface area (Å²) < 4.78 is 53.1. The van der Waals surface area contributed by atoms with Crippen LogP contribution in [0.25, 0.3) is 0 Å². The lowest BCUT2D eigenvalue weighted by Gasteiger charge is -2.12. The molecule has 10 heteroatoms. The molecule has 0 bridgehead atoms. The van der Waals surface area contributed by atoms with Crippen molar-refractivity contribution >= 4 is 23.4 Å². The number of carbonyl (C=O) groups excluding carboxylic acids is 1. The number of imidazole rings is 1. The zero-order valence-electron chi connectivity index (χ0n) is 15.5. The first-order chi connectivity index (χ1) is 14.3. The second-order valence-electron chi connectivity index (χ2n) is 6.32. The predicted molar refractivity (Wildman–Crippen MR) is 104 cm³/mol. The highest BCUT2D eigenvalue weighted by Crippen LogP contribution is 2.30. The fraction of sp³-hybridized carbons (Fsp3) is 0.200. The minimum atomic E-state index is -4.50. The van der Waals surface area contributed by atoms with Crippen LogP contribution in [0.3, 0.4) is 0 Å². The number of amides is 1. The molecular formula is C20H17F4N3O2S. The van der Waals surface area contributed by atoms with E-state index in [2.05, 4.69) is 10.3 Å². The third-order valence-electron chi connectivity index (χ3n) is 4.12. The molecule has 0 atom stereocenters. The number of nitrogens with zero attached hydrogens (tertiary/aromatic N) is 2. The monoisotopic (exact) mass is 439 g/mol. The van der Waals surface area contributed by atoms with Crippen LogP contribution in [0, 0.1) is 5.82 Å². The summed E-state index contributed by atoms with van der Waals surface area (Å²) in [7, 11) is 0. The van der Waals surface area contributed by atoms with E-state index in [1.165, 1.54) is 30.5 Å². The molecule has 30 heavy (non-hydrogen) atoms. The summed E-state index contributed by atoms with van der Waals surface area (Å²) in [6, 6.07) is 10.2. The van der Waals surface area contributed by atoms with Crippen molar-refractivity contribution in [2.24, 2.45) is 0 Å². The van der Waals surface area contributed by atoms with Crippen LogP contribution in [-0.2, 0) is 24.1 Å². The third-order valence-corrected chi connectivity index (χ3v) is 5.11. The van der Waals surface area contributed by atoms with E-state index in [1.54, 1.807) is 16.7 Å². The molecule has 0 saturated carbocycles. The molecule has 5 nitrogen and oxygen atoms in total. The molecule has 0 spiro atoms. The van der Waals surface area contributed by atoms with Crippen molar-refractivity contribution in [1.29, 1.82) is 0 Å². The molecule has 2 N–H and O–H groups in total. The molecule has 3 aromatic rings. The van der Waals surface area contributed by atoms with Crippen LogP contribution in [0.5, 0.6) is 0 Å². The zero-order valence-corrected chi connectivity index (χ0v) is 16.3. The molecule has 2 aromatic carbocycles. The Bertz CT molecular complexity index is 1020. The van der Waals surface area contributed by atoms with Gasteiger partial charge < -0.3 is 15.0 Å².